The highest BCUT2D eigenvalue weighted by Gasteiger charge is 2.29. The van der Waals surface area contributed by atoms with Crippen LogP contribution in [0.1, 0.15) is 17.4 Å². The number of likely N-dealkylation sites (N-methyl/N-ethyl adjacent to an activating group) is 1. The van der Waals surface area contributed by atoms with Gasteiger partial charge in [-0.05, 0) is 31.3 Å². The van der Waals surface area contributed by atoms with E-state index in [9.17, 15) is 0 Å². The number of para-hydroxylation sites is 1. The molecule has 1 saturated heterocycles. The maximum absolute atomic E-state index is 5.52. The summed E-state index contributed by atoms with van der Waals surface area (Å²) < 4.78 is 7.40. The number of rotatable bonds is 5. The van der Waals surface area contributed by atoms with Gasteiger partial charge in [-0.15, -0.1) is 5.10 Å². The number of benzene rings is 1. The number of piperazine rings is 1. The fourth-order valence-corrected chi connectivity index (χ4v) is 4.28. The summed E-state index contributed by atoms with van der Waals surface area (Å²) in [7, 11) is 3.86. The molecule has 1 fully saturated rings. The van der Waals surface area contributed by atoms with Gasteiger partial charge in [0.25, 0.3) is 0 Å². The van der Waals surface area contributed by atoms with Gasteiger partial charge < -0.3 is 4.74 Å². The zero-order valence-corrected chi connectivity index (χ0v) is 17.8. The van der Waals surface area contributed by atoms with Crippen LogP contribution in [0.5, 0.6) is 5.75 Å². The maximum atomic E-state index is 5.52. The van der Waals surface area contributed by atoms with E-state index in [1.165, 1.54) is 0 Å². The zero-order chi connectivity index (χ0) is 21.2. The molecule has 0 bridgehead atoms. The van der Waals surface area contributed by atoms with Gasteiger partial charge in [0.15, 0.2) is 0 Å². The second-order valence-electron chi connectivity index (χ2n) is 7.98. The average Bonchev–Trinajstić information content (AvgIpc) is 3.24. The predicted molar refractivity (Wildman–Crippen MR) is 120 cm³/mol. The molecule has 1 unspecified atom stereocenters. The van der Waals surface area contributed by atoms with Gasteiger partial charge in [-0.2, -0.15) is 0 Å². The number of hydrogen-bond acceptors (Lipinski definition) is 6. The van der Waals surface area contributed by atoms with Crippen molar-refractivity contribution in [1.29, 1.82) is 0 Å². The number of hydrogen-bond donors (Lipinski definition) is 0. The van der Waals surface area contributed by atoms with Gasteiger partial charge in [-0.25, -0.2) is 4.52 Å². The zero-order valence-electron chi connectivity index (χ0n) is 17.8. The second-order valence-corrected chi connectivity index (χ2v) is 7.98. The molecule has 1 atom stereocenters. The van der Waals surface area contributed by atoms with Crippen LogP contribution in [0.15, 0.2) is 67.0 Å². The highest BCUT2D eigenvalue weighted by atomic mass is 16.5. The third kappa shape index (κ3) is 3.89. The number of methoxy groups -OCH3 is 1. The van der Waals surface area contributed by atoms with Gasteiger partial charge in [-0.3, -0.25) is 14.8 Å². The summed E-state index contributed by atoms with van der Waals surface area (Å²) in [6, 6.07) is 18.5. The van der Waals surface area contributed by atoms with Gasteiger partial charge >= 0.3 is 0 Å². The molecule has 5 rings (SSSR count). The quantitative estimate of drug-likeness (QED) is 0.500. The molecule has 0 radical (unpaired) electrons. The van der Waals surface area contributed by atoms with E-state index < -0.39 is 0 Å². The minimum atomic E-state index is 0.187. The van der Waals surface area contributed by atoms with Crippen LogP contribution in [0.2, 0.25) is 0 Å². The lowest BCUT2D eigenvalue weighted by molar-refractivity contribution is 0.0881. The van der Waals surface area contributed by atoms with E-state index >= 15 is 0 Å². The highest BCUT2D eigenvalue weighted by molar-refractivity contribution is 5.71. The molecule has 0 saturated carbocycles. The van der Waals surface area contributed by atoms with Gasteiger partial charge in [0.05, 0.1) is 24.4 Å². The largest absolute Gasteiger partial charge is 0.496 e. The number of aromatic nitrogens is 4. The van der Waals surface area contributed by atoms with Crippen LogP contribution in [-0.2, 0) is 6.54 Å². The average molecular weight is 415 g/mol. The van der Waals surface area contributed by atoms with E-state index in [-0.39, 0.29) is 6.04 Å². The molecule has 1 aliphatic rings. The van der Waals surface area contributed by atoms with Crippen LogP contribution in [0.3, 0.4) is 0 Å². The van der Waals surface area contributed by atoms with Gasteiger partial charge in [0, 0.05) is 49.7 Å². The normalized spacial score (nSPS) is 17.8. The van der Waals surface area contributed by atoms with Crippen molar-refractivity contribution in [2.75, 3.05) is 33.8 Å². The molecule has 0 aliphatic carbocycles. The number of nitrogens with zero attached hydrogens (tertiary/aromatic N) is 6. The first-order valence-corrected chi connectivity index (χ1v) is 10.5. The molecule has 7 nitrogen and oxygen atoms in total. The smallest absolute Gasteiger partial charge is 0.126 e. The van der Waals surface area contributed by atoms with Crippen LogP contribution in [0, 0.1) is 0 Å². The Morgan fingerprint density at radius 3 is 2.74 bits per heavy atom. The fourth-order valence-electron chi connectivity index (χ4n) is 4.28. The summed E-state index contributed by atoms with van der Waals surface area (Å²) in [4.78, 5) is 9.30. The second kappa shape index (κ2) is 8.45. The van der Waals surface area contributed by atoms with Crippen molar-refractivity contribution in [2.24, 2.45) is 0 Å². The molecule has 3 aromatic heterocycles. The van der Waals surface area contributed by atoms with Crippen LogP contribution >= 0.6 is 0 Å². The van der Waals surface area contributed by atoms with Crippen molar-refractivity contribution in [2.45, 2.75) is 12.6 Å². The molecule has 1 aromatic carbocycles. The van der Waals surface area contributed by atoms with Crippen molar-refractivity contribution < 1.29 is 4.74 Å². The molecular formula is C24H26N6O. The monoisotopic (exact) mass is 414 g/mol. The predicted octanol–water partition coefficient (Wildman–Crippen LogP) is 3.29. The summed E-state index contributed by atoms with van der Waals surface area (Å²) in [5.41, 5.74) is 5.24. The Bertz CT molecular complexity index is 1180. The number of pyridine rings is 2. The lowest BCUT2D eigenvalue weighted by atomic mass is 10.0. The van der Waals surface area contributed by atoms with Crippen molar-refractivity contribution >= 4 is 5.52 Å². The summed E-state index contributed by atoms with van der Waals surface area (Å²) in [6.07, 6.45) is 3.88. The molecule has 158 valence electrons. The van der Waals surface area contributed by atoms with Gasteiger partial charge in [0.2, 0.25) is 0 Å². The van der Waals surface area contributed by atoms with Crippen molar-refractivity contribution in [3.8, 4) is 16.9 Å². The minimum absolute atomic E-state index is 0.187. The highest BCUT2D eigenvalue weighted by Crippen LogP contribution is 2.31. The molecular weight excluding hydrogens is 388 g/mol. The minimum Gasteiger partial charge on any atom is -0.496 e. The third-order valence-electron chi connectivity index (χ3n) is 6.02. The lowest BCUT2D eigenvalue weighted by Gasteiger charge is -2.38. The van der Waals surface area contributed by atoms with E-state index in [4.69, 9.17) is 4.74 Å². The van der Waals surface area contributed by atoms with E-state index in [1.54, 1.807) is 7.11 Å². The summed E-state index contributed by atoms with van der Waals surface area (Å²) in [5, 5.41) is 9.03. The molecule has 0 spiro atoms. The maximum Gasteiger partial charge on any atom is 0.126 e. The molecule has 7 heteroatoms. The first-order valence-electron chi connectivity index (χ1n) is 10.5. The van der Waals surface area contributed by atoms with Crippen LogP contribution in [0.4, 0.5) is 0 Å². The molecule has 1 aliphatic heterocycles. The van der Waals surface area contributed by atoms with Crippen molar-refractivity contribution in [3.05, 3.63) is 78.4 Å². The Kier molecular flexibility index (Phi) is 5.36. The standard InChI is InChI=1S/C24H26N6O/c1-28-13-14-29(16-19-7-5-6-12-25-19)17-22(28)24-21-11-10-18(15-30(21)27-26-24)20-8-3-4-9-23(20)31-2/h3-12,15,22H,13-14,16-17H2,1-2H3. The molecule has 4 aromatic rings. The van der Waals surface area contributed by atoms with E-state index in [2.05, 4.69) is 56.4 Å². The fraction of sp³-hybridized carbons (Fsp3) is 0.292. The number of ether oxygens (including phenoxy) is 1. The van der Waals surface area contributed by atoms with Crippen molar-refractivity contribution in [3.63, 3.8) is 0 Å². The van der Waals surface area contributed by atoms with Gasteiger partial charge in [-0.1, -0.05) is 35.5 Å². The SMILES string of the molecule is COc1ccccc1-c1ccc2c(C3CN(Cc4ccccn4)CCN3C)nnn2c1. The Labute approximate surface area is 181 Å². The first kappa shape index (κ1) is 19.7. The van der Waals surface area contributed by atoms with E-state index in [1.807, 2.05) is 47.2 Å². The lowest BCUT2D eigenvalue weighted by Crippen LogP contribution is -2.46. The summed E-state index contributed by atoms with van der Waals surface area (Å²) >= 11 is 0. The molecule has 0 amide bonds. The van der Waals surface area contributed by atoms with Crippen LogP contribution < -0.4 is 4.74 Å². The summed E-state index contributed by atoms with van der Waals surface area (Å²) in [6.45, 7) is 3.74. The van der Waals surface area contributed by atoms with E-state index in [0.29, 0.717) is 0 Å². The Morgan fingerprint density at radius 2 is 1.90 bits per heavy atom. The molecule has 4 heterocycles. The third-order valence-corrected chi connectivity index (χ3v) is 6.02. The first-order chi connectivity index (χ1) is 15.2. The Hall–Kier alpha value is -3.29. The van der Waals surface area contributed by atoms with Crippen LogP contribution in [0.25, 0.3) is 16.6 Å². The van der Waals surface area contributed by atoms with Crippen LogP contribution in [-0.4, -0.2) is 63.4 Å². The van der Waals surface area contributed by atoms with Gasteiger partial charge in [0.1, 0.15) is 11.4 Å². The summed E-state index contributed by atoms with van der Waals surface area (Å²) in [5.74, 6) is 0.847. The molecule has 31 heavy (non-hydrogen) atoms. The van der Waals surface area contributed by atoms with Crippen molar-refractivity contribution in [1.82, 2.24) is 29.6 Å². The number of fused-ring (bicyclic) bond motifs is 1. The Morgan fingerprint density at radius 1 is 1.03 bits per heavy atom. The van der Waals surface area contributed by atoms with E-state index in [0.717, 1.165) is 60.0 Å². The Balaban J connectivity index is 1.43. The topological polar surface area (TPSA) is 58.8 Å². The molecule has 0 N–H and O–H groups in total.